The number of imide groups is 1. The van der Waals surface area contributed by atoms with Crippen LogP contribution in [0.3, 0.4) is 0 Å². The smallest absolute Gasteiger partial charge is 0.252 e. The maximum absolute atomic E-state index is 13.1. The lowest BCUT2D eigenvalue weighted by atomic mass is 9.89. The number of nitrogens with one attached hydrogen (secondary N) is 4. The molecule has 5 aromatic rings. The molecule has 2 aromatic carbocycles. The normalized spacial score (nSPS) is 18.8. The van der Waals surface area contributed by atoms with E-state index in [4.69, 9.17) is 4.98 Å². The number of H-pyrrole nitrogens is 1. The number of piperazine rings is 1. The number of amides is 3. The predicted molar refractivity (Wildman–Crippen MR) is 212 cm³/mol. The maximum Gasteiger partial charge on any atom is 0.252 e. The van der Waals surface area contributed by atoms with Crippen LogP contribution in [-0.2, 0) is 25.2 Å². The summed E-state index contributed by atoms with van der Waals surface area (Å²) in [7, 11) is -3.38. The van der Waals surface area contributed by atoms with Crippen molar-refractivity contribution in [1.82, 2.24) is 44.6 Å². The van der Waals surface area contributed by atoms with E-state index in [1.54, 1.807) is 54.5 Å². The van der Waals surface area contributed by atoms with Gasteiger partial charge in [0.2, 0.25) is 27.8 Å². The molecule has 3 amide bonds. The van der Waals surface area contributed by atoms with Gasteiger partial charge in [-0.2, -0.15) is 19.6 Å². The first-order valence-electron chi connectivity index (χ1n) is 18.9. The molecule has 0 bridgehead atoms. The van der Waals surface area contributed by atoms with E-state index >= 15 is 0 Å². The van der Waals surface area contributed by atoms with Crippen LogP contribution in [-0.4, -0.2) is 112 Å². The average molecular weight is 791 g/mol. The second-order valence-electron chi connectivity index (χ2n) is 14.6. The van der Waals surface area contributed by atoms with Crippen molar-refractivity contribution < 1.29 is 22.8 Å². The van der Waals surface area contributed by atoms with Gasteiger partial charge in [0.25, 0.3) is 5.91 Å². The standard InChI is InChI=1S/C39H42N12O5S/c1-2-57(55,56)50-23-39(24-50,14-15-40)51-22-28(21-43-51)34-32-13-16-41-35(32)47-38(46-34)44-29-7-3-27(4-8-29)36(53)42-25-48-17-19-49(20-18-48)30-9-5-26(6-10-30)31-11-12-33(52)45-37(31)54/h3-10,13,16,21-22,31H,2,11-12,14,17-20,23-25H2,1H3,(H,42,53)(H,45,52,54)(H2,41,44,46,47). The van der Waals surface area contributed by atoms with Crippen molar-refractivity contribution in [2.75, 3.05) is 61.9 Å². The van der Waals surface area contributed by atoms with Gasteiger partial charge in [-0.3, -0.25) is 29.3 Å². The number of carbonyl (C=O) groups is 3. The van der Waals surface area contributed by atoms with E-state index in [0.717, 1.165) is 42.8 Å². The molecule has 3 fully saturated rings. The zero-order valence-corrected chi connectivity index (χ0v) is 32.1. The second-order valence-corrected chi connectivity index (χ2v) is 16.9. The molecule has 17 nitrogen and oxygen atoms in total. The van der Waals surface area contributed by atoms with Gasteiger partial charge in [0.05, 0.1) is 42.7 Å². The molecule has 0 spiro atoms. The Morgan fingerprint density at radius 3 is 2.47 bits per heavy atom. The highest BCUT2D eigenvalue weighted by atomic mass is 32.2. The summed E-state index contributed by atoms with van der Waals surface area (Å²) in [5, 5.41) is 23.6. The number of anilines is 3. The van der Waals surface area contributed by atoms with Crippen molar-refractivity contribution in [1.29, 1.82) is 5.26 Å². The summed E-state index contributed by atoms with van der Waals surface area (Å²) in [5.41, 5.74) is 4.31. The largest absolute Gasteiger partial charge is 0.369 e. The number of fused-ring (bicyclic) bond motifs is 1. The molecule has 0 aliphatic carbocycles. The SMILES string of the molecule is CCS(=O)(=O)N1CC(CC#N)(n2cc(-c3nc(Nc4ccc(C(=O)NCN5CCN(c6ccc(C7CCC(=O)NC7=O)cc6)CC5)cc4)nc4[nH]ccc34)cn2)C1. The first kappa shape index (κ1) is 37.7. The van der Waals surface area contributed by atoms with Crippen LogP contribution in [0.4, 0.5) is 17.3 Å². The minimum Gasteiger partial charge on any atom is -0.369 e. The lowest BCUT2D eigenvalue weighted by Gasteiger charge is -2.47. The number of piperidine rings is 1. The Bertz CT molecular complexity index is 2460. The molecular weight excluding hydrogens is 749 g/mol. The van der Waals surface area contributed by atoms with E-state index in [1.165, 1.54) is 4.31 Å². The summed E-state index contributed by atoms with van der Waals surface area (Å²) in [6, 6.07) is 19.1. The molecule has 8 rings (SSSR count). The van der Waals surface area contributed by atoms with Crippen LogP contribution >= 0.6 is 0 Å². The molecule has 1 atom stereocenters. The van der Waals surface area contributed by atoms with E-state index < -0.39 is 15.6 Å². The van der Waals surface area contributed by atoms with Gasteiger partial charge in [-0.1, -0.05) is 12.1 Å². The number of benzene rings is 2. The molecule has 294 valence electrons. The monoisotopic (exact) mass is 790 g/mol. The van der Waals surface area contributed by atoms with Gasteiger partial charge in [0.1, 0.15) is 11.2 Å². The fourth-order valence-electron chi connectivity index (χ4n) is 7.61. The topological polar surface area (TPSA) is 214 Å². The summed E-state index contributed by atoms with van der Waals surface area (Å²) in [6.07, 6.45) is 6.21. The minimum absolute atomic E-state index is 0.00654. The van der Waals surface area contributed by atoms with Gasteiger partial charge in [-0.15, -0.1) is 0 Å². The number of aromatic amines is 1. The number of hydrogen-bond acceptors (Lipinski definition) is 12. The molecule has 57 heavy (non-hydrogen) atoms. The number of nitriles is 1. The van der Waals surface area contributed by atoms with Crippen LogP contribution in [0.1, 0.15) is 48.0 Å². The van der Waals surface area contributed by atoms with E-state index in [0.29, 0.717) is 53.6 Å². The molecule has 4 N–H and O–H groups in total. The summed E-state index contributed by atoms with van der Waals surface area (Å²) in [6.45, 7) is 5.49. The van der Waals surface area contributed by atoms with E-state index in [-0.39, 0.29) is 48.9 Å². The van der Waals surface area contributed by atoms with Crippen LogP contribution < -0.4 is 20.9 Å². The molecule has 3 aromatic heterocycles. The first-order valence-corrected chi connectivity index (χ1v) is 20.5. The molecule has 3 aliphatic rings. The first-order chi connectivity index (χ1) is 27.5. The van der Waals surface area contributed by atoms with E-state index in [9.17, 15) is 28.1 Å². The average Bonchev–Trinajstić information content (AvgIpc) is 3.90. The minimum atomic E-state index is -3.38. The van der Waals surface area contributed by atoms with Crippen LogP contribution in [0.5, 0.6) is 0 Å². The van der Waals surface area contributed by atoms with Gasteiger partial charge in [0, 0.05) is 86.0 Å². The number of rotatable bonds is 12. The zero-order valence-electron chi connectivity index (χ0n) is 31.3. The van der Waals surface area contributed by atoms with Crippen LogP contribution in [0.15, 0.2) is 73.2 Å². The van der Waals surface area contributed by atoms with Gasteiger partial charge in [0.15, 0.2) is 0 Å². The summed E-state index contributed by atoms with van der Waals surface area (Å²) < 4.78 is 27.9. The van der Waals surface area contributed by atoms with E-state index in [1.807, 2.05) is 30.3 Å². The lowest BCUT2D eigenvalue weighted by Crippen LogP contribution is -2.64. The Hall–Kier alpha value is -6.16. The number of sulfonamides is 1. The van der Waals surface area contributed by atoms with Crippen LogP contribution in [0.2, 0.25) is 0 Å². The molecule has 6 heterocycles. The van der Waals surface area contributed by atoms with Crippen LogP contribution in [0.25, 0.3) is 22.3 Å². The number of aromatic nitrogens is 5. The summed E-state index contributed by atoms with van der Waals surface area (Å²) in [4.78, 5) is 53.9. The Kier molecular flexibility index (Phi) is 10.2. The molecule has 3 aliphatic heterocycles. The number of hydrogen-bond donors (Lipinski definition) is 4. The van der Waals surface area contributed by atoms with Crippen molar-refractivity contribution in [3.63, 3.8) is 0 Å². The Balaban J connectivity index is 0.858. The van der Waals surface area contributed by atoms with Crippen molar-refractivity contribution in [2.45, 2.75) is 37.6 Å². The highest BCUT2D eigenvalue weighted by Gasteiger charge is 2.49. The Labute approximate surface area is 329 Å². The number of nitrogens with zero attached hydrogens (tertiary/aromatic N) is 8. The molecule has 0 saturated carbocycles. The van der Waals surface area contributed by atoms with Crippen molar-refractivity contribution in [3.8, 4) is 17.3 Å². The highest BCUT2D eigenvalue weighted by Crippen LogP contribution is 2.36. The highest BCUT2D eigenvalue weighted by molar-refractivity contribution is 7.89. The van der Waals surface area contributed by atoms with Gasteiger partial charge >= 0.3 is 0 Å². The van der Waals surface area contributed by atoms with Crippen molar-refractivity contribution in [3.05, 3.63) is 84.3 Å². The lowest BCUT2D eigenvalue weighted by molar-refractivity contribution is -0.134. The van der Waals surface area contributed by atoms with Gasteiger partial charge in [-0.25, -0.2) is 13.4 Å². The third-order valence-electron chi connectivity index (χ3n) is 11.0. The number of carbonyl (C=O) groups excluding carboxylic acids is 3. The fourth-order valence-corrected chi connectivity index (χ4v) is 8.85. The maximum atomic E-state index is 13.1. The molecule has 3 saturated heterocycles. The van der Waals surface area contributed by atoms with Crippen molar-refractivity contribution >= 4 is 56.1 Å². The summed E-state index contributed by atoms with van der Waals surface area (Å²) in [5.74, 6) is -0.626. The van der Waals surface area contributed by atoms with Crippen molar-refractivity contribution in [2.24, 2.45) is 0 Å². The third-order valence-corrected chi connectivity index (χ3v) is 12.8. The molecule has 18 heteroatoms. The molecular formula is C39H42N12O5S. The Morgan fingerprint density at radius 1 is 1.02 bits per heavy atom. The molecule has 1 unspecified atom stereocenters. The quantitative estimate of drug-likeness (QED) is 0.134. The predicted octanol–water partition coefficient (Wildman–Crippen LogP) is 2.87. The van der Waals surface area contributed by atoms with Gasteiger partial charge < -0.3 is 20.5 Å². The Morgan fingerprint density at radius 2 is 1.77 bits per heavy atom. The van der Waals surface area contributed by atoms with E-state index in [2.05, 4.69) is 46.9 Å². The summed E-state index contributed by atoms with van der Waals surface area (Å²) >= 11 is 0. The molecule has 0 radical (unpaired) electrons. The zero-order chi connectivity index (χ0) is 39.7. The second kappa shape index (κ2) is 15.4. The van der Waals surface area contributed by atoms with Crippen LogP contribution in [0, 0.1) is 11.3 Å². The van der Waals surface area contributed by atoms with Gasteiger partial charge in [-0.05, 0) is 61.4 Å². The third kappa shape index (κ3) is 7.68. The fraction of sp³-hybridized carbons (Fsp3) is 0.359.